The number of carbonyl (C=O) groups is 5. The molecule has 0 heterocycles. The van der Waals surface area contributed by atoms with Crippen molar-refractivity contribution in [3.05, 3.63) is 12.2 Å². The van der Waals surface area contributed by atoms with Crippen molar-refractivity contribution in [3.63, 3.8) is 0 Å². The van der Waals surface area contributed by atoms with Gasteiger partial charge in [-0.15, -0.1) is 0 Å². The van der Waals surface area contributed by atoms with Gasteiger partial charge in [-0.3, -0.25) is 14.4 Å². The topological polar surface area (TPSA) is 213 Å². The van der Waals surface area contributed by atoms with E-state index in [0.717, 1.165) is 18.9 Å². The average Bonchev–Trinajstić information content (AvgIpc) is 3.14. The first kappa shape index (κ1) is 50.0. The number of methoxy groups -OCH3 is 2. The van der Waals surface area contributed by atoms with Gasteiger partial charge in [-0.05, 0) is 38.2 Å². The smallest absolute Gasteiger partial charge is 0.330 e. The van der Waals surface area contributed by atoms with Gasteiger partial charge in [-0.25, -0.2) is 9.59 Å². The third kappa shape index (κ3) is 37.1. The monoisotopic (exact) mass is 764 g/mol. The number of ether oxygens (including phenoxy) is 9. The van der Waals surface area contributed by atoms with E-state index in [9.17, 15) is 29.1 Å². The zero-order chi connectivity index (χ0) is 39.0. The molecule has 308 valence electrons. The Hall–Kier alpha value is -3.03. The maximum atomic E-state index is 12.2. The van der Waals surface area contributed by atoms with Crippen LogP contribution in [0.1, 0.15) is 64.2 Å². The number of carboxylic acid groups (broad SMARTS) is 1. The van der Waals surface area contributed by atoms with Crippen LogP contribution in [0.25, 0.3) is 0 Å². The van der Waals surface area contributed by atoms with Crippen LogP contribution in [0.4, 0.5) is 0 Å². The van der Waals surface area contributed by atoms with Crippen LogP contribution in [0.15, 0.2) is 12.2 Å². The summed E-state index contributed by atoms with van der Waals surface area (Å²) in [6.45, 7) is 7.28. The van der Waals surface area contributed by atoms with E-state index in [1.165, 1.54) is 13.2 Å². The summed E-state index contributed by atoms with van der Waals surface area (Å²) in [7, 11) is 2.86. The van der Waals surface area contributed by atoms with E-state index in [1.54, 1.807) is 7.11 Å². The molecule has 3 N–H and O–H groups in total. The van der Waals surface area contributed by atoms with Crippen LogP contribution in [0, 0.1) is 0 Å². The number of ketones is 1. The molecule has 1 atom stereocenters. The Morgan fingerprint density at radius 3 is 1.47 bits per heavy atom. The Kier molecular flexibility index (Phi) is 36.5. The minimum atomic E-state index is -1.10. The number of rotatable bonds is 40. The van der Waals surface area contributed by atoms with Gasteiger partial charge in [-0.2, -0.15) is 0 Å². The van der Waals surface area contributed by atoms with E-state index < -0.39 is 18.0 Å². The number of esters is 1. The Morgan fingerprint density at radius 2 is 1.00 bits per heavy atom. The highest BCUT2D eigenvalue weighted by molar-refractivity contribution is 5.95. The molecular weight excluding hydrogens is 700 g/mol. The molecule has 53 heavy (non-hydrogen) atoms. The zero-order valence-electron chi connectivity index (χ0n) is 31.8. The molecule has 0 rings (SSSR count). The van der Waals surface area contributed by atoms with Gasteiger partial charge in [0.15, 0.2) is 5.78 Å². The molecule has 0 fully saturated rings. The second-order valence-electron chi connectivity index (χ2n) is 11.6. The van der Waals surface area contributed by atoms with Crippen molar-refractivity contribution in [1.29, 1.82) is 0 Å². The van der Waals surface area contributed by atoms with Gasteiger partial charge in [0.1, 0.15) is 6.04 Å². The Balaban J connectivity index is 3.56. The van der Waals surface area contributed by atoms with Crippen molar-refractivity contribution in [3.8, 4) is 0 Å². The fourth-order valence-corrected chi connectivity index (χ4v) is 4.29. The van der Waals surface area contributed by atoms with Gasteiger partial charge in [0.05, 0.1) is 106 Å². The number of hydrogen-bond donors (Lipinski definition) is 3. The number of carbonyl (C=O) groups excluding carboxylic acids is 4. The van der Waals surface area contributed by atoms with Crippen LogP contribution in [-0.4, -0.2) is 161 Å². The molecule has 0 bridgehead atoms. The fourth-order valence-electron chi connectivity index (χ4n) is 4.29. The molecule has 0 aliphatic rings. The van der Waals surface area contributed by atoms with E-state index in [-0.39, 0.29) is 43.5 Å². The van der Waals surface area contributed by atoms with Crippen molar-refractivity contribution >= 4 is 29.5 Å². The van der Waals surface area contributed by atoms with E-state index in [1.807, 2.05) is 0 Å². The molecular formula is C36H64N2O15. The minimum absolute atomic E-state index is 0.164. The number of nitrogens with one attached hydrogen (secondary N) is 2. The summed E-state index contributed by atoms with van der Waals surface area (Å²) in [5.41, 5.74) is 0. The number of carboxylic acids is 1. The van der Waals surface area contributed by atoms with Crippen molar-refractivity contribution in [2.75, 3.05) is 120 Å². The van der Waals surface area contributed by atoms with E-state index >= 15 is 0 Å². The van der Waals surface area contributed by atoms with Crippen LogP contribution >= 0.6 is 0 Å². The third-order valence-corrected chi connectivity index (χ3v) is 7.20. The molecule has 2 amide bonds. The standard InChI is InChI=1S/C36H64N2O15/c1-45-17-18-48-21-22-50-25-26-52-29-30-53-28-27-51-24-23-49-20-19-47-16-14-33(40)37-15-8-7-10-32(36(43)44)38-34(41)11-6-4-3-5-9-31(39)12-13-35(42)46-2/h12-13,32H,3-11,14-30H2,1-2H3,(H,37,40)(H,38,41)(H,43,44)/b13-12-/t32-/m0/s1. The van der Waals surface area contributed by atoms with Crippen LogP contribution in [-0.2, 0) is 66.6 Å². The fraction of sp³-hybridized carbons (Fsp3) is 0.806. The maximum Gasteiger partial charge on any atom is 0.330 e. The minimum Gasteiger partial charge on any atom is -0.480 e. The summed E-state index contributed by atoms with van der Waals surface area (Å²) in [6, 6.07) is -0.996. The summed E-state index contributed by atoms with van der Waals surface area (Å²) in [5, 5.41) is 14.8. The van der Waals surface area contributed by atoms with Crippen LogP contribution in [0.2, 0.25) is 0 Å². The largest absolute Gasteiger partial charge is 0.480 e. The molecule has 0 spiro atoms. The molecule has 0 aliphatic heterocycles. The highest BCUT2D eigenvalue weighted by atomic mass is 16.6. The Morgan fingerprint density at radius 1 is 0.528 bits per heavy atom. The Labute approximate surface area is 314 Å². The molecule has 0 aromatic rings. The molecule has 0 radical (unpaired) electrons. The highest BCUT2D eigenvalue weighted by Crippen LogP contribution is 2.08. The lowest BCUT2D eigenvalue weighted by atomic mass is 10.1. The molecule has 0 unspecified atom stereocenters. The Bertz CT molecular complexity index is 967. The second kappa shape index (κ2) is 38.7. The normalized spacial score (nSPS) is 11.8. The van der Waals surface area contributed by atoms with E-state index in [2.05, 4.69) is 15.4 Å². The maximum absolute atomic E-state index is 12.2. The average molecular weight is 765 g/mol. The van der Waals surface area contributed by atoms with Gasteiger partial charge >= 0.3 is 11.9 Å². The molecule has 0 aliphatic carbocycles. The summed E-state index contributed by atoms with van der Waals surface area (Å²) in [4.78, 5) is 58.5. The molecule has 17 heteroatoms. The number of aliphatic carboxylic acids is 1. The summed E-state index contributed by atoms with van der Waals surface area (Å²) in [6.07, 6.45) is 6.95. The summed E-state index contributed by atoms with van der Waals surface area (Å²) in [5.74, 6) is -2.36. The number of allylic oxidation sites excluding steroid dienone is 1. The van der Waals surface area contributed by atoms with Crippen molar-refractivity contribution in [2.45, 2.75) is 70.3 Å². The van der Waals surface area contributed by atoms with Gasteiger partial charge in [0.2, 0.25) is 11.8 Å². The van der Waals surface area contributed by atoms with Crippen molar-refractivity contribution in [1.82, 2.24) is 10.6 Å². The van der Waals surface area contributed by atoms with E-state index in [4.69, 9.17) is 37.9 Å². The van der Waals surface area contributed by atoms with E-state index in [0.29, 0.717) is 131 Å². The van der Waals surface area contributed by atoms with Crippen LogP contribution in [0.5, 0.6) is 0 Å². The predicted molar refractivity (Wildman–Crippen MR) is 193 cm³/mol. The quantitative estimate of drug-likeness (QED) is 0.0460. The van der Waals surface area contributed by atoms with Crippen molar-refractivity contribution < 1.29 is 71.7 Å². The number of unbranched alkanes of at least 4 members (excludes halogenated alkanes) is 4. The summed E-state index contributed by atoms with van der Waals surface area (Å²) < 4.78 is 47.2. The molecule has 0 saturated heterocycles. The molecule has 17 nitrogen and oxygen atoms in total. The number of hydrogen-bond acceptors (Lipinski definition) is 14. The predicted octanol–water partition coefficient (Wildman–Crippen LogP) is 1.63. The first-order valence-electron chi connectivity index (χ1n) is 18.4. The zero-order valence-corrected chi connectivity index (χ0v) is 31.8. The first-order valence-corrected chi connectivity index (χ1v) is 18.4. The van der Waals surface area contributed by atoms with Gasteiger partial charge in [-0.1, -0.05) is 12.8 Å². The highest BCUT2D eigenvalue weighted by Gasteiger charge is 2.19. The van der Waals surface area contributed by atoms with Gasteiger partial charge in [0, 0.05) is 39.0 Å². The first-order chi connectivity index (χ1) is 25.8. The second-order valence-corrected chi connectivity index (χ2v) is 11.6. The lowest BCUT2D eigenvalue weighted by molar-refractivity contribution is -0.142. The molecule has 0 aromatic heterocycles. The lowest BCUT2D eigenvalue weighted by Crippen LogP contribution is -2.40. The molecule has 0 saturated carbocycles. The number of amides is 2. The molecule has 0 aromatic carbocycles. The van der Waals surface area contributed by atoms with Crippen LogP contribution < -0.4 is 10.6 Å². The van der Waals surface area contributed by atoms with Crippen molar-refractivity contribution in [2.24, 2.45) is 0 Å². The van der Waals surface area contributed by atoms with Gasteiger partial charge < -0.3 is 58.4 Å². The third-order valence-electron chi connectivity index (χ3n) is 7.20. The lowest BCUT2D eigenvalue weighted by Gasteiger charge is -2.14. The summed E-state index contributed by atoms with van der Waals surface area (Å²) >= 11 is 0. The van der Waals surface area contributed by atoms with Gasteiger partial charge in [0.25, 0.3) is 0 Å². The SMILES string of the molecule is COCCOCCOCCOCCOCCOCCOCCOCCC(=O)NCCCC[C@H](NC(=O)CCCCCCC(=O)/C=C\C(=O)OC)C(=O)O. The van der Waals surface area contributed by atoms with Crippen LogP contribution in [0.3, 0.4) is 0 Å².